The summed E-state index contributed by atoms with van der Waals surface area (Å²) in [5.74, 6) is -0.540. The topological polar surface area (TPSA) is 85.3 Å². The highest BCUT2D eigenvalue weighted by Crippen LogP contribution is 2.22. The lowest BCUT2D eigenvalue weighted by Gasteiger charge is -2.32. The Hall–Kier alpha value is -2.35. The van der Waals surface area contributed by atoms with E-state index in [0.717, 1.165) is 17.4 Å². The minimum atomic E-state index is -2.67. The molecule has 7 nitrogen and oxygen atoms in total. The van der Waals surface area contributed by atoms with Gasteiger partial charge in [0.05, 0.1) is 20.3 Å². The second-order valence-corrected chi connectivity index (χ2v) is 7.52. The van der Waals surface area contributed by atoms with E-state index in [-0.39, 0.29) is 13.2 Å². The van der Waals surface area contributed by atoms with Crippen molar-refractivity contribution in [2.24, 2.45) is 0 Å². The fraction of sp³-hybridized carbons (Fsp3) is 0.600. The van der Waals surface area contributed by atoms with E-state index in [1.54, 1.807) is 45.0 Å². The molecule has 1 aromatic carbocycles. The largest absolute Gasteiger partial charge is 0.497 e. The molecule has 0 aliphatic carbocycles. The first-order valence-electron chi connectivity index (χ1n) is 9.05. The molecule has 158 valence electrons. The molecule has 1 N–H and O–H groups in total. The number of rotatable bonds is 8. The smallest absolute Gasteiger partial charge is 0.410 e. The SMILES string of the molecule is CCOC(=O)C(C)(F)C(O)CN(Cc1ccc(OC)cc1)C(=O)OC(C)(C)C. The molecule has 1 aromatic rings. The van der Waals surface area contributed by atoms with Crippen molar-refractivity contribution >= 4 is 12.1 Å². The quantitative estimate of drug-likeness (QED) is 0.676. The molecule has 0 bridgehead atoms. The van der Waals surface area contributed by atoms with Crippen LogP contribution in [0.4, 0.5) is 9.18 Å². The lowest BCUT2D eigenvalue weighted by molar-refractivity contribution is -0.165. The second kappa shape index (κ2) is 9.73. The van der Waals surface area contributed by atoms with Gasteiger partial charge < -0.3 is 24.2 Å². The van der Waals surface area contributed by atoms with Crippen LogP contribution >= 0.6 is 0 Å². The molecule has 0 saturated heterocycles. The molecule has 2 atom stereocenters. The zero-order valence-corrected chi connectivity index (χ0v) is 17.3. The van der Waals surface area contributed by atoms with E-state index in [0.29, 0.717) is 5.75 Å². The number of hydrogen-bond donors (Lipinski definition) is 1. The van der Waals surface area contributed by atoms with Crippen molar-refractivity contribution in [2.75, 3.05) is 20.3 Å². The fourth-order valence-corrected chi connectivity index (χ4v) is 2.27. The number of methoxy groups -OCH3 is 1. The van der Waals surface area contributed by atoms with Crippen LogP contribution in [0.5, 0.6) is 5.75 Å². The van der Waals surface area contributed by atoms with Gasteiger partial charge in [-0.2, -0.15) is 0 Å². The summed E-state index contributed by atoms with van der Waals surface area (Å²) in [6.45, 7) is 7.14. The van der Waals surface area contributed by atoms with Gasteiger partial charge in [0, 0.05) is 6.54 Å². The fourth-order valence-electron chi connectivity index (χ4n) is 2.27. The van der Waals surface area contributed by atoms with Gasteiger partial charge in [0.1, 0.15) is 17.5 Å². The molecule has 0 aliphatic rings. The van der Waals surface area contributed by atoms with Crippen molar-refractivity contribution in [3.05, 3.63) is 29.8 Å². The third-order valence-corrected chi connectivity index (χ3v) is 3.88. The zero-order valence-electron chi connectivity index (χ0n) is 17.3. The van der Waals surface area contributed by atoms with E-state index >= 15 is 0 Å². The average Bonchev–Trinajstić information content (AvgIpc) is 2.60. The number of alkyl halides is 1. The predicted molar refractivity (Wildman–Crippen MR) is 102 cm³/mol. The molecule has 1 rings (SSSR count). The van der Waals surface area contributed by atoms with Crippen LogP contribution < -0.4 is 4.74 Å². The Morgan fingerprint density at radius 1 is 1.18 bits per heavy atom. The number of ether oxygens (including phenoxy) is 3. The number of aliphatic hydroxyl groups is 1. The molecule has 0 heterocycles. The van der Waals surface area contributed by atoms with Gasteiger partial charge in [0.15, 0.2) is 0 Å². The Labute approximate surface area is 165 Å². The van der Waals surface area contributed by atoms with Crippen LogP contribution in [0.3, 0.4) is 0 Å². The maximum atomic E-state index is 14.7. The molecule has 0 spiro atoms. The molecule has 0 radical (unpaired) electrons. The van der Waals surface area contributed by atoms with Gasteiger partial charge >= 0.3 is 12.1 Å². The molecule has 0 fully saturated rings. The van der Waals surface area contributed by atoms with E-state index in [1.165, 1.54) is 14.0 Å². The van der Waals surface area contributed by atoms with Crippen molar-refractivity contribution in [1.29, 1.82) is 0 Å². The summed E-state index contributed by atoms with van der Waals surface area (Å²) in [5.41, 5.74) is -2.73. The highest BCUT2D eigenvalue weighted by molar-refractivity contribution is 5.80. The van der Waals surface area contributed by atoms with E-state index < -0.39 is 36.0 Å². The van der Waals surface area contributed by atoms with Crippen LogP contribution in [0, 0.1) is 0 Å². The van der Waals surface area contributed by atoms with Gasteiger partial charge in [-0.1, -0.05) is 12.1 Å². The normalized spacial score (nSPS) is 14.6. The Balaban J connectivity index is 3.02. The number of nitrogens with zero attached hydrogens (tertiary/aromatic N) is 1. The van der Waals surface area contributed by atoms with Crippen LogP contribution in [0.2, 0.25) is 0 Å². The summed E-state index contributed by atoms with van der Waals surface area (Å²) in [7, 11) is 1.54. The predicted octanol–water partition coefficient (Wildman–Crippen LogP) is 3.08. The Kier molecular flexibility index (Phi) is 8.23. The lowest BCUT2D eigenvalue weighted by Crippen LogP contribution is -2.51. The van der Waals surface area contributed by atoms with Crippen LogP contribution in [-0.2, 0) is 20.8 Å². The molecule has 1 amide bonds. The summed E-state index contributed by atoms with van der Waals surface area (Å²) in [6.07, 6.45) is -2.53. The zero-order chi connectivity index (χ0) is 21.5. The molecule has 8 heteroatoms. The summed E-state index contributed by atoms with van der Waals surface area (Å²) >= 11 is 0. The number of amides is 1. The molecular formula is C20H30FNO6. The highest BCUT2D eigenvalue weighted by Gasteiger charge is 2.44. The number of halogens is 1. The molecule has 2 unspecified atom stereocenters. The summed E-state index contributed by atoms with van der Waals surface area (Å²) in [6, 6.07) is 6.92. The Morgan fingerprint density at radius 3 is 2.21 bits per heavy atom. The van der Waals surface area contributed by atoms with E-state index in [9.17, 15) is 19.1 Å². The van der Waals surface area contributed by atoms with Crippen molar-refractivity contribution in [1.82, 2.24) is 4.90 Å². The number of hydrogen-bond acceptors (Lipinski definition) is 6. The highest BCUT2D eigenvalue weighted by atomic mass is 19.1. The number of aliphatic hydroxyl groups excluding tert-OH is 1. The van der Waals surface area contributed by atoms with Gasteiger partial charge in [-0.25, -0.2) is 14.0 Å². The summed E-state index contributed by atoms with van der Waals surface area (Å²) in [5, 5.41) is 10.3. The van der Waals surface area contributed by atoms with Gasteiger partial charge in [0.2, 0.25) is 5.67 Å². The van der Waals surface area contributed by atoms with Crippen LogP contribution in [0.25, 0.3) is 0 Å². The first-order chi connectivity index (χ1) is 12.9. The van der Waals surface area contributed by atoms with Gasteiger partial charge in [-0.3, -0.25) is 0 Å². The van der Waals surface area contributed by atoms with Crippen molar-refractivity contribution in [2.45, 2.75) is 58.5 Å². The molecule has 0 saturated carbocycles. The molecular weight excluding hydrogens is 369 g/mol. The monoisotopic (exact) mass is 399 g/mol. The first kappa shape index (κ1) is 23.7. The summed E-state index contributed by atoms with van der Waals surface area (Å²) < 4.78 is 29.9. The van der Waals surface area contributed by atoms with E-state index in [4.69, 9.17) is 9.47 Å². The second-order valence-electron chi connectivity index (χ2n) is 7.52. The number of benzene rings is 1. The van der Waals surface area contributed by atoms with Crippen LogP contribution in [-0.4, -0.2) is 59.7 Å². The van der Waals surface area contributed by atoms with Crippen molar-refractivity contribution in [3.8, 4) is 5.75 Å². The third kappa shape index (κ3) is 6.99. The van der Waals surface area contributed by atoms with Crippen molar-refractivity contribution in [3.63, 3.8) is 0 Å². The van der Waals surface area contributed by atoms with Gasteiger partial charge in [-0.15, -0.1) is 0 Å². The van der Waals surface area contributed by atoms with E-state index in [2.05, 4.69) is 4.74 Å². The first-order valence-corrected chi connectivity index (χ1v) is 9.05. The number of esters is 1. The molecule has 0 aliphatic heterocycles. The van der Waals surface area contributed by atoms with Gasteiger partial charge in [0.25, 0.3) is 0 Å². The minimum absolute atomic E-state index is 0.0211. The average molecular weight is 399 g/mol. The number of carbonyl (C=O) groups excluding carboxylic acids is 2. The van der Waals surface area contributed by atoms with Crippen LogP contribution in [0.15, 0.2) is 24.3 Å². The molecule has 28 heavy (non-hydrogen) atoms. The lowest BCUT2D eigenvalue weighted by atomic mass is 10.0. The number of carbonyl (C=O) groups is 2. The van der Waals surface area contributed by atoms with Gasteiger partial charge in [-0.05, 0) is 52.3 Å². The standard InChI is InChI=1S/C20H30FNO6/c1-7-27-17(24)20(5,21)16(23)13-22(18(25)28-19(2,3)4)12-14-8-10-15(26-6)11-9-14/h8-11,16,23H,7,12-13H2,1-6H3. The summed E-state index contributed by atoms with van der Waals surface area (Å²) in [4.78, 5) is 25.5. The third-order valence-electron chi connectivity index (χ3n) is 3.88. The minimum Gasteiger partial charge on any atom is -0.497 e. The maximum absolute atomic E-state index is 14.7. The maximum Gasteiger partial charge on any atom is 0.410 e. The van der Waals surface area contributed by atoms with E-state index in [1.807, 2.05) is 0 Å². The van der Waals surface area contributed by atoms with Crippen LogP contribution in [0.1, 0.15) is 40.2 Å². The van der Waals surface area contributed by atoms with Crippen molar-refractivity contribution < 1.29 is 33.3 Å². The Bertz CT molecular complexity index is 654. The Morgan fingerprint density at radius 2 is 1.75 bits per heavy atom. The molecule has 0 aromatic heterocycles.